The van der Waals surface area contributed by atoms with E-state index in [4.69, 9.17) is 4.74 Å². The van der Waals surface area contributed by atoms with Gasteiger partial charge in [0.2, 0.25) is 0 Å². The first-order valence-corrected chi connectivity index (χ1v) is 9.80. The topological polar surface area (TPSA) is 55.8 Å². The molecule has 160 valence electrons. The number of rotatable bonds is 4. The van der Waals surface area contributed by atoms with E-state index in [1.54, 1.807) is 11.0 Å². The predicted octanol–water partition coefficient (Wildman–Crippen LogP) is 4.87. The quantitative estimate of drug-likeness (QED) is 0.706. The second-order valence-corrected chi connectivity index (χ2v) is 8.74. The van der Waals surface area contributed by atoms with Gasteiger partial charge in [0, 0.05) is 30.0 Å². The summed E-state index contributed by atoms with van der Waals surface area (Å²) in [5, 5.41) is 0. The van der Waals surface area contributed by atoms with Gasteiger partial charge in [0.15, 0.2) is 0 Å². The summed E-state index contributed by atoms with van der Waals surface area (Å²) in [6.45, 7) is 5.43. The van der Waals surface area contributed by atoms with E-state index in [-0.39, 0.29) is 47.6 Å². The summed E-state index contributed by atoms with van der Waals surface area (Å²) in [4.78, 5) is 27.1. The lowest BCUT2D eigenvalue weighted by Crippen LogP contribution is -2.49. The van der Waals surface area contributed by atoms with E-state index in [0.717, 1.165) is 12.8 Å². The number of nitrogens with zero attached hydrogens (tertiary/aromatic N) is 1. The number of hydrogen-bond donors (Lipinski definition) is 0. The van der Waals surface area contributed by atoms with Crippen molar-refractivity contribution in [1.29, 1.82) is 0 Å². The SMILES string of the molecule is CC(C)(C)OC(=O)N1C2CCC1CC(C(=O)Cc1ccccc1OC(F)(F)F)C2. The van der Waals surface area contributed by atoms with Crippen molar-refractivity contribution in [2.75, 3.05) is 0 Å². The number of benzene rings is 1. The van der Waals surface area contributed by atoms with Gasteiger partial charge < -0.3 is 14.4 Å². The monoisotopic (exact) mass is 413 g/mol. The third-order valence-electron chi connectivity index (χ3n) is 5.36. The summed E-state index contributed by atoms with van der Waals surface area (Å²) in [5.41, 5.74) is -0.373. The molecule has 2 aliphatic heterocycles. The highest BCUT2D eigenvalue weighted by Gasteiger charge is 2.46. The molecule has 8 heteroatoms. The molecule has 0 radical (unpaired) electrons. The largest absolute Gasteiger partial charge is 0.573 e. The number of amides is 1. The number of carbonyl (C=O) groups is 2. The van der Waals surface area contributed by atoms with Gasteiger partial charge in [0.05, 0.1) is 0 Å². The zero-order chi connectivity index (χ0) is 21.4. The number of halogens is 3. The highest BCUT2D eigenvalue weighted by Crippen LogP contribution is 2.40. The predicted molar refractivity (Wildman–Crippen MR) is 99.4 cm³/mol. The Bertz CT molecular complexity index is 758. The molecule has 2 fully saturated rings. The second-order valence-electron chi connectivity index (χ2n) is 8.74. The molecule has 5 nitrogen and oxygen atoms in total. The Labute approximate surface area is 168 Å². The van der Waals surface area contributed by atoms with Crippen LogP contribution in [0.15, 0.2) is 24.3 Å². The number of hydrogen-bond acceptors (Lipinski definition) is 4. The molecule has 0 aromatic heterocycles. The minimum atomic E-state index is -4.81. The molecule has 1 amide bonds. The molecule has 2 aliphatic rings. The van der Waals surface area contributed by atoms with Crippen LogP contribution in [0.2, 0.25) is 0 Å². The zero-order valence-electron chi connectivity index (χ0n) is 16.8. The van der Waals surface area contributed by atoms with Gasteiger partial charge in [-0.05, 0) is 52.5 Å². The number of ketones is 1. The highest BCUT2D eigenvalue weighted by atomic mass is 19.4. The molecule has 3 rings (SSSR count). The fourth-order valence-electron chi connectivity index (χ4n) is 4.26. The van der Waals surface area contributed by atoms with Gasteiger partial charge in [-0.3, -0.25) is 4.79 Å². The van der Waals surface area contributed by atoms with Crippen LogP contribution in [0, 0.1) is 5.92 Å². The molecule has 1 aromatic rings. The van der Waals surface area contributed by atoms with E-state index >= 15 is 0 Å². The minimum absolute atomic E-state index is 0.0702. The van der Waals surface area contributed by atoms with E-state index in [1.165, 1.54) is 18.2 Å². The highest BCUT2D eigenvalue weighted by molar-refractivity contribution is 5.84. The normalized spacial score (nSPS) is 24.3. The minimum Gasteiger partial charge on any atom is -0.444 e. The molecule has 1 aromatic carbocycles. The van der Waals surface area contributed by atoms with Crippen LogP contribution in [0.1, 0.15) is 52.0 Å². The molecule has 0 N–H and O–H groups in total. The van der Waals surface area contributed by atoms with Gasteiger partial charge in [-0.2, -0.15) is 0 Å². The van der Waals surface area contributed by atoms with Crippen LogP contribution in [0.4, 0.5) is 18.0 Å². The Morgan fingerprint density at radius 2 is 1.66 bits per heavy atom. The summed E-state index contributed by atoms with van der Waals surface area (Å²) in [6, 6.07) is 5.57. The van der Waals surface area contributed by atoms with E-state index in [0.29, 0.717) is 12.8 Å². The molecule has 2 heterocycles. The Balaban J connectivity index is 1.66. The van der Waals surface area contributed by atoms with Crippen LogP contribution in [0.3, 0.4) is 0 Å². The Kier molecular flexibility index (Phi) is 5.83. The van der Waals surface area contributed by atoms with Crippen molar-refractivity contribution in [3.63, 3.8) is 0 Å². The molecule has 2 atom stereocenters. The summed E-state index contributed by atoms with van der Waals surface area (Å²) >= 11 is 0. The summed E-state index contributed by atoms with van der Waals surface area (Å²) in [5.74, 6) is -0.753. The fourth-order valence-corrected chi connectivity index (χ4v) is 4.26. The number of Topliss-reactive ketones (excluding diaryl/α,β-unsaturated/α-hetero) is 1. The van der Waals surface area contributed by atoms with Crippen LogP contribution in [-0.4, -0.2) is 40.8 Å². The molecule has 0 aliphatic carbocycles. The molecular formula is C21H26F3NO4. The summed E-state index contributed by atoms with van der Waals surface area (Å²) in [7, 11) is 0. The number of ether oxygens (including phenoxy) is 2. The van der Waals surface area contributed by atoms with Crippen molar-refractivity contribution in [2.45, 2.75) is 76.9 Å². The Hall–Kier alpha value is -2.25. The maximum atomic E-state index is 12.8. The van der Waals surface area contributed by atoms with Crippen LogP contribution in [0.25, 0.3) is 0 Å². The summed E-state index contributed by atoms with van der Waals surface area (Å²) < 4.78 is 47.4. The molecule has 0 spiro atoms. The van der Waals surface area contributed by atoms with E-state index in [9.17, 15) is 22.8 Å². The van der Waals surface area contributed by atoms with Gasteiger partial charge in [-0.1, -0.05) is 18.2 Å². The van der Waals surface area contributed by atoms with Crippen molar-refractivity contribution < 1.29 is 32.2 Å². The van der Waals surface area contributed by atoms with Crippen molar-refractivity contribution >= 4 is 11.9 Å². The molecule has 2 saturated heterocycles. The van der Waals surface area contributed by atoms with Crippen LogP contribution < -0.4 is 4.74 Å². The van der Waals surface area contributed by atoms with Gasteiger partial charge in [0.1, 0.15) is 17.1 Å². The smallest absolute Gasteiger partial charge is 0.444 e. The number of para-hydroxylation sites is 1. The number of fused-ring (bicyclic) bond motifs is 2. The average molecular weight is 413 g/mol. The van der Waals surface area contributed by atoms with Crippen molar-refractivity contribution in [3.05, 3.63) is 29.8 Å². The summed E-state index contributed by atoms with van der Waals surface area (Å²) in [6.07, 6.45) is -2.66. The first kappa shape index (κ1) is 21.5. The lowest BCUT2D eigenvalue weighted by atomic mass is 9.85. The van der Waals surface area contributed by atoms with Crippen LogP contribution in [0.5, 0.6) is 5.75 Å². The van der Waals surface area contributed by atoms with E-state index in [1.807, 2.05) is 20.8 Å². The standard InChI is InChI=1S/C21H26F3NO4/c1-20(2,3)29-19(27)25-15-8-9-16(25)11-14(10-15)17(26)12-13-6-4-5-7-18(13)28-21(22,23)24/h4-7,14-16H,8-12H2,1-3H3. The first-order valence-electron chi connectivity index (χ1n) is 9.80. The number of piperidine rings is 1. The van der Waals surface area contributed by atoms with E-state index in [2.05, 4.69) is 4.74 Å². The average Bonchev–Trinajstić information content (AvgIpc) is 2.84. The van der Waals surface area contributed by atoms with Crippen molar-refractivity contribution in [1.82, 2.24) is 4.90 Å². The fraction of sp³-hybridized carbons (Fsp3) is 0.619. The van der Waals surface area contributed by atoms with Crippen molar-refractivity contribution in [2.24, 2.45) is 5.92 Å². The first-order chi connectivity index (χ1) is 13.4. The Morgan fingerprint density at radius 1 is 1.07 bits per heavy atom. The molecule has 29 heavy (non-hydrogen) atoms. The second kappa shape index (κ2) is 7.88. The van der Waals surface area contributed by atoms with E-state index < -0.39 is 12.0 Å². The zero-order valence-corrected chi connectivity index (χ0v) is 16.8. The molecule has 2 unspecified atom stereocenters. The number of alkyl halides is 3. The molecule has 0 saturated carbocycles. The Morgan fingerprint density at radius 3 is 2.21 bits per heavy atom. The van der Waals surface area contributed by atoms with Crippen LogP contribution >= 0.6 is 0 Å². The van der Waals surface area contributed by atoms with Gasteiger partial charge in [-0.25, -0.2) is 4.79 Å². The molecular weight excluding hydrogens is 387 g/mol. The maximum absolute atomic E-state index is 12.8. The van der Waals surface area contributed by atoms with Crippen LogP contribution in [-0.2, 0) is 16.0 Å². The van der Waals surface area contributed by atoms with Gasteiger partial charge in [-0.15, -0.1) is 13.2 Å². The lowest BCUT2D eigenvalue weighted by Gasteiger charge is -2.39. The third-order valence-corrected chi connectivity index (χ3v) is 5.36. The van der Waals surface area contributed by atoms with Gasteiger partial charge >= 0.3 is 12.5 Å². The van der Waals surface area contributed by atoms with Crippen molar-refractivity contribution in [3.8, 4) is 5.75 Å². The maximum Gasteiger partial charge on any atom is 0.573 e. The number of carbonyl (C=O) groups excluding carboxylic acids is 2. The van der Waals surface area contributed by atoms with Gasteiger partial charge in [0.25, 0.3) is 0 Å². The third kappa shape index (κ3) is 5.42. The lowest BCUT2D eigenvalue weighted by molar-refractivity contribution is -0.274. The molecule has 2 bridgehead atoms.